The van der Waals surface area contributed by atoms with Gasteiger partial charge in [-0.15, -0.1) is 0 Å². The van der Waals surface area contributed by atoms with Crippen LogP contribution in [0.5, 0.6) is 0 Å². The maximum Gasteiger partial charge on any atom is 0.271 e. The summed E-state index contributed by atoms with van der Waals surface area (Å²) in [6.45, 7) is 0.541. The van der Waals surface area contributed by atoms with E-state index in [9.17, 15) is 4.79 Å². The fraction of sp³-hybridized carbons (Fsp3) is 0.0667. The normalized spacial score (nSPS) is 10.8. The first-order chi connectivity index (χ1) is 9.65. The number of hydrogen-bond donors (Lipinski definition) is 2. The SMILES string of the molecule is NC(=O)c1nn(Cc2cccc3ccccc23)cc1N. The van der Waals surface area contributed by atoms with Crippen LogP contribution in [0.15, 0.2) is 48.7 Å². The van der Waals surface area contributed by atoms with Crippen LogP contribution >= 0.6 is 0 Å². The van der Waals surface area contributed by atoms with Crippen LogP contribution in [0.2, 0.25) is 0 Å². The number of nitrogens with two attached hydrogens (primary N) is 2. The van der Waals surface area contributed by atoms with Gasteiger partial charge in [-0.25, -0.2) is 0 Å². The summed E-state index contributed by atoms with van der Waals surface area (Å²) in [7, 11) is 0. The third-order valence-corrected chi connectivity index (χ3v) is 3.24. The van der Waals surface area contributed by atoms with Crippen molar-refractivity contribution >= 4 is 22.4 Å². The van der Waals surface area contributed by atoms with Gasteiger partial charge < -0.3 is 11.5 Å². The largest absolute Gasteiger partial charge is 0.396 e. The average Bonchev–Trinajstić information content (AvgIpc) is 2.80. The first kappa shape index (κ1) is 12.2. The molecule has 0 saturated carbocycles. The predicted molar refractivity (Wildman–Crippen MR) is 78.2 cm³/mol. The topological polar surface area (TPSA) is 86.9 Å². The van der Waals surface area contributed by atoms with Gasteiger partial charge in [0.05, 0.1) is 12.2 Å². The maximum atomic E-state index is 11.2. The molecule has 5 nitrogen and oxygen atoms in total. The van der Waals surface area contributed by atoms with Crippen LogP contribution in [0.1, 0.15) is 16.1 Å². The lowest BCUT2D eigenvalue weighted by atomic mass is 10.0. The predicted octanol–water partition coefficient (Wildman–Crippen LogP) is 1.77. The molecule has 0 aliphatic carbocycles. The first-order valence-corrected chi connectivity index (χ1v) is 6.24. The minimum atomic E-state index is -0.612. The Bertz CT molecular complexity index is 786. The van der Waals surface area contributed by atoms with Crippen LogP contribution in [-0.2, 0) is 6.54 Å². The number of nitrogens with zero attached hydrogens (tertiary/aromatic N) is 2. The van der Waals surface area contributed by atoms with Crippen molar-refractivity contribution in [2.45, 2.75) is 6.54 Å². The van der Waals surface area contributed by atoms with Crippen molar-refractivity contribution in [1.82, 2.24) is 9.78 Å². The molecule has 1 aromatic heterocycles. The quantitative estimate of drug-likeness (QED) is 0.757. The van der Waals surface area contributed by atoms with Crippen LogP contribution in [0.3, 0.4) is 0 Å². The van der Waals surface area contributed by atoms with Gasteiger partial charge in [0.1, 0.15) is 0 Å². The summed E-state index contributed by atoms with van der Waals surface area (Å²) in [6.07, 6.45) is 1.63. The summed E-state index contributed by atoms with van der Waals surface area (Å²) in [6, 6.07) is 14.2. The van der Waals surface area contributed by atoms with Crippen LogP contribution in [-0.4, -0.2) is 15.7 Å². The molecule has 3 rings (SSSR count). The fourth-order valence-electron chi connectivity index (χ4n) is 2.31. The maximum absolute atomic E-state index is 11.2. The molecular formula is C15H14N4O. The summed E-state index contributed by atoms with van der Waals surface area (Å²) in [5, 5.41) is 6.45. The second-order valence-corrected chi connectivity index (χ2v) is 4.63. The van der Waals surface area contributed by atoms with Gasteiger partial charge in [0.25, 0.3) is 5.91 Å². The molecule has 20 heavy (non-hydrogen) atoms. The van der Waals surface area contributed by atoms with Crippen LogP contribution in [0, 0.1) is 0 Å². The Kier molecular flexibility index (Phi) is 2.87. The lowest BCUT2D eigenvalue weighted by Gasteiger charge is -2.06. The summed E-state index contributed by atoms with van der Waals surface area (Å²) >= 11 is 0. The Labute approximate surface area is 115 Å². The van der Waals surface area contributed by atoms with E-state index >= 15 is 0 Å². The van der Waals surface area contributed by atoms with Gasteiger partial charge in [-0.3, -0.25) is 9.48 Å². The van der Waals surface area contributed by atoms with Crippen molar-refractivity contribution in [3.8, 4) is 0 Å². The summed E-state index contributed by atoms with van der Waals surface area (Å²) in [5.74, 6) is -0.612. The van der Waals surface area contributed by atoms with Gasteiger partial charge in [0.15, 0.2) is 5.69 Å². The minimum Gasteiger partial charge on any atom is -0.396 e. The van der Waals surface area contributed by atoms with E-state index in [1.807, 2.05) is 24.3 Å². The number of hydrogen-bond acceptors (Lipinski definition) is 3. The van der Waals surface area contributed by atoms with Gasteiger partial charge in [-0.1, -0.05) is 42.5 Å². The van der Waals surface area contributed by atoms with Gasteiger partial charge in [-0.05, 0) is 16.3 Å². The number of carbonyl (C=O) groups is 1. The number of aromatic nitrogens is 2. The van der Waals surface area contributed by atoms with Crippen LogP contribution in [0.4, 0.5) is 5.69 Å². The number of carbonyl (C=O) groups excluding carboxylic acids is 1. The van der Waals surface area contributed by atoms with E-state index in [2.05, 4.69) is 23.3 Å². The zero-order valence-corrected chi connectivity index (χ0v) is 10.8. The molecule has 2 aromatic carbocycles. The Morgan fingerprint density at radius 1 is 1.15 bits per heavy atom. The van der Waals surface area contributed by atoms with Gasteiger partial charge >= 0.3 is 0 Å². The molecule has 0 atom stereocenters. The number of fused-ring (bicyclic) bond motifs is 1. The number of amides is 1. The average molecular weight is 266 g/mol. The summed E-state index contributed by atoms with van der Waals surface area (Å²) in [5.41, 5.74) is 12.5. The Morgan fingerprint density at radius 2 is 1.90 bits per heavy atom. The second-order valence-electron chi connectivity index (χ2n) is 4.63. The molecule has 0 aliphatic rings. The van der Waals surface area contributed by atoms with Crippen LogP contribution in [0.25, 0.3) is 10.8 Å². The molecule has 0 fully saturated rings. The van der Waals surface area contributed by atoms with Crippen molar-refractivity contribution in [3.63, 3.8) is 0 Å². The van der Waals surface area contributed by atoms with E-state index in [0.29, 0.717) is 12.2 Å². The van der Waals surface area contributed by atoms with Crippen molar-refractivity contribution in [2.75, 3.05) is 5.73 Å². The van der Waals surface area contributed by atoms with E-state index in [4.69, 9.17) is 11.5 Å². The lowest BCUT2D eigenvalue weighted by Crippen LogP contribution is -2.14. The molecule has 0 aliphatic heterocycles. The highest BCUT2D eigenvalue weighted by Crippen LogP contribution is 2.20. The number of anilines is 1. The number of nitrogen functional groups attached to an aromatic ring is 1. The lowest BCUT2D eigenvalue weighted by molar-refractivity contribution is 0.0995. The number of rotatable bonds is 3. The highest BCUT2D eigenvalue weighted by Gasteiger charge is 2.11. The monoisotopic (exact) mass is 266 g/mol. The van der Waals surface area contributed by atoms with E-state index in [0.717, 1.165) is 10.9 Å². The van der Waals surface area contributed by atoms with Crippen molar-refractivity contribution in [2.24, 2.45) is 5.73 Å². The molecule has 100 valence electrons. The molecule has 1 amide bonds. The van der Waals surface area contributed by atoms with Gasteiger partial charge in [0, 0.05) is 6.20 Å². The van der Waals surface area contributed by atoms with Crippen LogP contribution < -0.4 is 11.5 Å². The molecule has 0 radical (unpaired) electrons. The highest BCUT2D eigenvalue weighted by atomic mass is 16.1. The Morgan fingerprint density at radius 3 is 2.65 bits per heavy atom. The van der Waals surface area contributed by atoms with E-state index < -0.39 is 5.91 Å². The van der Waals surface area contributed by atoms with Crippen molar-refractivity contribution in [1.29, 1.82) is 0 Å². The Hall–Kier alpha value is -2.82. The molecule has 1 heterocycles. The number of benzene rings is 2. The zero-order chi connectivity index (χ0) is 14.1. The van der Waals surface area contributed by atoms with Crippen molar-refractivity contribution < 1.29 is 4.79 Å². The zero-order valence-electron chi connectivity index (χ0n) is 10.8. The molecule has 3 aromatic rings. The van der Waals surface area contributed by atoms with E-state index in [-0.39, 0.29) is 5.69 Å². The molecule has 0 saturated heterocycles. The summed E-state index contributed by atoms with van der Waals surface area (Å²) in [4.78, 5) is 11.2. The molecule has 0 bridgehead atoms. The Balaban J connectivity index is 2.01. The van der Waals surface area contributed by atoms with E-state index in [1.54, 1.807) is 10.9 Å². The second kappa shape index (κ2) is 4.70. The van der Waals surface area contributed by atoms with E-state index in [1.165, 1.54) is 5.39 Å². The third-order valence-electron chi connectivity index (χ3n) is 3.24. The van der Waals surface area contributed by atoms with Gasteiger partial charge in [0.2, 0.25) is 0 Å². The molecule has 0 spiro atoms. The minimum absolute atomic E-state index is 0.116. The van der Waals surface area contributed by atoms with Gasteiger partial charge in [-0.2, -0.15) is 5.10 Å². The molecule has 0 unspecified atom stereocenters. The standard InChI is InChI=1S/C15H14N4O/c16-13-9-19(18-14(13)15(17)20)8-11-6-3-5-10-4-1-2-7-12(10)11/h1-7,9H,8,16H2,(H2,17,20). The molecule has 4 N–H and O–H groups in total. The molecular weight excluding hydrogens is 252 g/mol. The molecule has 5 heteroatoms. The fourth-order valence-corrected chi connectivity index (χ4v) is 2.31. The third kappa shape index (κ3) is 2.09. The highest BCUT2D eigenvalue weighted by molar-refractivity contribution is 5.95. The smallest absolute Gasteiger partial charge is 0.271 e. The number of primary amides is 1. The summed E-state index contributed by atoms with van der Waals surface area (Å²) < 4.78 is 1.64. The van der Waals surface area contributed by atoms with Crippen molar-refractivity contribution in [3.05, 3.63) is 59.9 Å². The first-order valence-electron chi connectivity index (χ1n) is 6.24.